The van der Waals surface area contributed by atoms with E-state index >= 15 is 0 Å². The summed E-state index contributed by atoms with van der Waals surface area (Å²) in [5, 5.41) is 2.43. The summed E-state index contributed by atoms with van der Waals surface area (Å²) in [6, 6.07) is 14.4. The van der Waals surface area contributed by atoms with E-state index in [0.29, 0.717) is 6.61 Å². The van der Waals surface area contributed by atoms with Crippen LogP contribution in [0.4, 0.5) is 8.78 Å². The Morgan fingerprint density at radius 2 is 1.73 bits per heavy atom. The van der Waals surface area contributed by atoms with Gasteiger partial charge in [-0.1, -0.05) is 36.4 Å². The molecule has 1 N–H and O–H groups in total. The highest BCUT2D eigenvalue weighted by molar-refractivity contribution is 5.92. The summed E-state index contributed by atoms with van der Waals surface area (Å²) >= 11 is 0. The zero-order chi connectivity index (χ0) is 18.4. The molecule has 0 radical (unpaired) electrons. The van der Waals surface area contributed by atoms with Crippen molar-refractivity contribution in [1.82, 2.24) is 15.3 Å². The van der Waals surface area contributed by atoms with E-state index in [0.717, 1.165) is 17.7 Å². The first kappa shape index (κ1) is 17.5. The zero-order valence-electron chi connectivity index (χ0n) is 13.7. The number of carbonyl (C=O) groups is 1. The minimum atomic E-state index is -0.722. The van der Waals surface area contributed by atoms with E-state index in [9.17, 15) is 13.6 Å². The van der Waals surface area contributed by atoms with Gasteiger partial charge in [0.15, 0.2) is 0 Å². The van der Waals surface area contributed by atoms with E-state index in [1.54, 1.807) is 0 Å². The highest BCUT2D eigenvalue weighted by atomic mass is 19.1. The molecule has 0 bridgehead atoms. The number of aromatic nitrogens is 2. The molecule has 7 heteroatoms. The Labute approximate surface area is 148 Å². The van der Waals surface area contributed by atoms with Crippen LogP contribution in [0.1, 0.15) is 21.6 Å². The smallest absolute Gasteiger partial charge is 0.270 e. The molecule has 1 amide bonds. The molecule has 26 heavy (non-hydrogen) atoms. The van der Waals surface area contributed by atoms with Crippen LogP contribution in [0, 0.1) is 11.6 Å². The molecule has 0 aliphatic rings. The molecular formula is C19H15F2N3O2. The summed E-state index contributed by atoms with van der Waals surface area (Å²) in [5.74, 6) is -1.80. The van der Waals surface area contributed by atoms with Crippen LogP contribution in [0.15, 0.2) is 60.9 Å². The van der Waals surface area contributed by atoms with Crippen molar-refractivity contribution in [3.8, 4) is 5.88 Å². The third-order valence-electron chi connectivity index (χ3n) is 3.59. The Morgan fingerprint density at radius 1 is 1.00 bits per heavy atom. The number of rotatable bonds is 6. The molecule has 0 saturated carbocycles. The van der Waals surface area contributed by atoms with Crippen LogP contribution in [-0.4, -0.2) is 15.9 Å². The number of amides is 1. The normalized spacial score (nSPS) is 10.4. The lowest BCUT2D eigenvalue weighted by molar-refractivity contribution is 0.0944. The molecule has 3 aromatic rings. The molecule has 0 aliphatic heterocycles. The van der Waals surface area contributed by atoms with Gasteiger partial charge in [-0.15, -0.1) is 0 Å². The second kappa shape index (κ2) is 8.15. The highest BCUT2D eigenvalue weighted by Crippen LogP contribution is 2.13. The maximum Gasteiger partial charge on any atom is 0.270 e. The van der Waals surface area contributed by atoms with Gasteiger partial charge in [-0.3, -0.25) is 4.79 Å². The molecule has 3 rings (SSSR count). The lowest BCUT2D eigenvalue weighted by atomic mass is 10.2. The third kappa shape index (κ3) is 4.38. The predicted molar refractivity (Wildman–Crippen MR) is 90.3 cm³/mol. The zero-order valence-corrected chi connectivity index (χ0v) is 13.7. The molecule has 0 fully saturated rings. The summed E-state index contributed by atoms with van der Waals surface area (Å²) in [7, 11) is 0. The van der Waals surface area contributed by atoms with E-state index < -0.39 is 17.5 Å². The monoisotopic (exact) mass is 355 g/mol. The average molecular weight is 355 g/mol. The van der Waals surface area contributed by atoms with Crippen molar-refractivity contribution in [3.63, 3.8) is 0 Å². The molecule has 1 heterocycles. The Morgan fingerprint density at radius 3 is 2.46 bits per heavy atom. The van der Waals surface area contributed by atoms with Crippen molar-refractivity contribution < 1.29 is 18.3 Å². The van der Waals surface area contributed by atoms with E-state index in [4.69, 9.17) is 4.74 Å². The topological polar surface area (TPSA) is 64.1 Å². The second-order valence-electron chi connectivity index (χ2n) is 5.40. The quantitative estimate of drug-likeness (QED) is 0.737. The lowest BCUT2D eigenvalue weighted by Gasteiger charge is -2.08. The van der Waals surface area contributed by atoms with Crippen molar-refractivity contribution >= 4 is 5.91 Å². The molecule has 0 atom stereocenters. The fourth-order valence-corrected chi connectivity index (χ4v) is 2.23. The number of hydrogen-bond donors (Lipinski definition) is 1. The number of hydrogen-bond acceptors (Lipinski definition) is 4. The van der Waals surface area contributed by atoms with E-state index in [1.165, 1.54) is 18.5 Å². The fourth-order valence-electron chi connectivity index (χ4n) is 2.23. The molecule has 5 nitrogen and oxygen atoms in total. The number of nitrogens with zero attached hydrogens (tertiary/aromatic N) is 2. The number of halogens is 2. The molecule has 0 unspecified atom stereocenters. The molecule has 0 aliphatic carbocycles. The first-order chi connectivity index (χ1) is 12.6. The molecular weight excluding hydrogens is 340 g/mol. The first-order valence-corrected chi connectivity index (χ1v) is 7.83. The van der Waals surface area contributed by atoms with Gasteiger partial charge in [-0.05, 0) is 17.7 Å². The maximum atomic E-state index is 13.6. The Balaban J connectivity index is 1.63. The largest absolute Gasteiger partial charge is 0.473 e. The third-order valence-corrected chi connectivity index (χ3v) is 3.59. The SMILES string of the molecule is O=C(NCc1c(F)cccc1F)c1cc(OCc2ccccc2)ncn1. The van der Waals surface area contributed by atoms with Crippen molar-refractivity contribution in [2.24, 2.45) is 0 Å². The minimum Gasteiger partial charge on any atom is -0.473 e. The van der Waals surface area contributed by atoms with Gasteiger partial charge in [0, 0.05) is 18.2 Å². The Hall–Kier alpha value is -3.35. The van der Waals surface area contributed by atoms with Gasteiger partial charge in [0.25, 0.3) is 5.91 Å². The van der Waals surface area contributed by atoms with Crippen molar-refractivity contribution in [3.05, 3.63) is 89.4 Å². The number of carbonyl (C=O) groups excluding carboxylic acids is 1. The van der Waals surface area contributed by atoms with E-state index in [1.807, 2.05) is 30.3 Å². The van der Waals surface area contributed by atoms with Crippen LogP contribution in [-0.2, 0) is 13.2 Å². The second-order valence-corrected chi connectivity index (χ2v) is 5.40. The average Bonchev–Trinajstić information content (AvgIpc) is 2.67. The van der Waals surface area contributed by atoms with Crippen molar-refractivity contribution in [2.75, 3.05) is 0 Å². The summed E-state index contributed by atoms with van der Waals surface area (Å²) in [6.07, 6.45) is 1.19. The van der Waals surface area contributed by atoms with E-state index in [-0.39, 0.29) is 23.7 Å². The maximum absolute atomic E-state index is 13.6. The van der Waals surface area contributed by atoms with Crippen LogP contribution >= 0.6 is 0 Å². The molecule has 2 aromatic carbocycles. The lowest BCUT2D eigenvalue weighted by Crippen LogP contribution is -2.25. The summed E-state index contributed by atoms with van der Waals surface area (Å²) < 4.78 is 32.7. The van der Waals surface area contributed by atoms with Crippen molar-refractivity contribution in [1.29, 1.82) is 0 Å². The van der Waals surface area contributed by atoms with Gasteiger partial charge in [0.05, 0.1) is 0 Å². The van der Waals surface area contributed by atoms with Crippen LogP contribution in [0.3, 0.4) is 0 Å². The van der Waals surface area contributed by atoms with Crippen LogP contribution in [0.5, 0.6) is 5.88 Å². The van der Waals surface area contributed by atoms with Gasteiger partial charge in [0.1, 0.15) is 30.3 Å². The predicted octanol–water partition coefficient (Wildman–Crippen LogP) is 3.26. The van der Waals surface area contributed by atoms with Crippen LogP contribution < -0.4 is 10.1 Å². The number of benzene rings is 2. The fraction of sp³-hybridized carbons (Fsp3) is 0.105. The molecule has 132 valence electrons. The van der Waals surface area contributed by atoms with Gasteiger partial charge >= 0.3 is 0 Å². The van der Waals surface area contributed by atoms with Crippen LogP contribution in [0.25, 0.3) is 0 Å². The van der Waals surface area contributed by atoms with Gasteiger partial charge in [-0.25, -0.2) is 18.7 Å². The Kier molecular flexibility index (Phi) is 5.48. The van der Waals surface area contributed by atoms with Crippen molar-refractivity contribution in [2.45, 2.75) is 13.2 Å². The molecule has 1 aromatic heterocycles. The number of ether oxygens (including phenoxy) is 1. The standard InChI is InChI=1S/C19H15F2N3O2/c20-15-7-4-8-16(21)14(15)10-22-19(25)17-9-18(24-12-23-17)26-11-13-5-2-1-3-6-13/h1-9,12H,10-11H2,(H,22,25). The van der Waals surface area contributed by atoms with Gasteiger partial charge in [0.2, 0.25) is 5.88 Å². The molecule has 0 spiro atoms. The highest BCUT2D eigenvalue weighted by Gasteiger charge is 2.13. The van der Waals surface area contributed by atoms with Crippen LogP contribution in [0.2, 0.25) is 0 Å². The summed E-state index contributed by atoms with van der Waals surface area (Å²) in [6.45, 7) is 0.000892. The summed E-state index contributed by atoms with van der Waals surface area (Å²) in [4.78, 5) is 20.0. The Bertz CT molecular complexity index is 884. The van der Waals surface area contributed by atoms with Gasteiger partial charge < -0.3 is 10.1 Å². The van der Waals surface area contributed by atoms with Gasteiger partial charge in [-0.2, -0.15) is 0 Å². The summed E-state index contributed by atoms with van der Waals surface area (Å²) in [5.41, 5.74) is 0.780. The number of nitrogens with one attached hydrogen (secondary N) is 1. The minimum absolute atomic E-state index is 0.0415. The van der Waals surface area contributed by atoms with E-state index in [2.05, 4.69) is 15.3 Å². The first-order valence-electron chi connectivity index (χ1n) is 7.83. The molecule has 0 saturated heterocycles.